The van der Waals surface area contributed by atoms with Crippen LogP contribution in [-0.2, 0) is 17.8 Å². The fourth-order valence-corrected chi connectivity index (χ4v) is 2.92. The molecule has 1 aromatic heterocycles. The van der Waals surface area contributed by atoms with Gasteiger partial charge < -0.3 is 9.88 Å². The van der Waals surface area contributed by atoms with E-state index in [1.54, 1.807) is 0 Å². The second-order valence-corrected chi connectivity index (χ2v) is 5.87. The van der Waals surface area contributed by atoms with E-state index in [1.165, 1.54) is 11.1 Å². The van der Waals surface area contributed by atoms with E-state index in [0.29, 0.717) is 13.0 Å². The number of para-hydroxylation sites is 1. The Morgan fingerprint density at radius 3 is 2.57 bits per heavy atom. The van der Waals surface area contributed by atoms with E-state index in [9.17, 15) is 4.79 Å². The van der Waals surface area contributed by atoms with E-state index in [2.05, 4.69) is 30.1 Å². The molecule has 0 fully saturated rings. The minimum Gasteiger partial charge on any atom is -0.361 e. The van der Waals surface area contributed by atoms with Crippen molar-refractivity contribution in [2.24, 2.45) is 0 Å². The zero-order valence-electron chi connectivity index (χ0n) is 13.7. The van der Waals surface area contributed by atoms with E-state index in [-0.39, 0.29) is 5.91 Å². The monoisotopic (exact) mass is 306 g/mol. The van der Waals surface area contributed by atoms with Crippen molar-refractivity contribution in [1.29, 1.82) is 0 Å². The number of aromatic amines is 1. The number of carbonyl (C=O) groups is 1. The van der Waals surface area contributed by atoms with Gasteiger partial charge in [-0.05, 0) is 36.6 Å². The average Bonchev–Trinajstić information content (AvgIpc) is 2.97. The van der Waals surface area contributed by atoms with Gasteiger partial charge in [-0.3, -0.25) is 4.79 Å². The maximum absolute atomic E-state index is 12.7. The molecule has 3 rings (SSSR count). The zero-order valence-corrected chi connectivity index (χ0v) is 13.7. The number of carbonyl (C=O) groups excluding carboxylic acids is 1. The van der Waals surface area contributed by atoms with Crippen LogP contribution >= 0.6 is 0 Å². The van der Waals surface area contributed by atoms with E-state index in [4.69, 9.17) is 0 Å². The minimum atomic E-state index is 0.167. The first kappa shape index (κ1) is 15.3. The van der Waals surface area contributed by atoms with Gasteiger partial charge in [-0.15, -0.1) is 0 Å². The largest absolute Gasteiger partial charge is 0.361 e. The third-order valence-corrected chi connectivity index (χ3v) is 4.37. The van der Waals surface area contributed by atoms with Gasteiger partial charge in [-0.25, -0.2) is 0 Å². The van der Waals surface area contributed by atoms with Crippen LogP contribution in [0.5, 0.6) is 0 Å². The van der Waals surface area contributed by atoms with Gasteiger partial charge in [0.05, 0.1) is 6.42 Å². The van der Waals surface area contributed by atoms with Crippen LogP contribution in [-0.4, -0.2) is 22.3 Å². The fourth-order valence-electron chi connectivity index (χ4n) is 2.92. The first-order valence-corrected chi connectivity index (χ1v) is 8.06. The van der Waals surface area contributed by atoms with Crippen molar-refractivity contribution in [2.45, 2.75) is 26.8 Å². The summed E-state index contributed by atoms with van der Waals surface area (Å²) in [5.74, 6) is 0.167. The number of nitrogens with zero attached hydrogens (tertiary/aromatic N) is 1. The van der Waals surface area contributed by atoms with Crippen LogP contribution in [0, 0.1) is 6.92 Å². The van der Waals surface area contributed by atoms with Gasteiger partial charge in [-0.1, -0.05) is 42.5 Å². The van der Waals surface area contributed by atoms with Crippen LogP contribution in [0.15, 0.2) is 54.7 Å². The lowest BCUT2D eigenvalue weighted by atomic mass is 10.1. The predicted molar refractivity (Wildman–Crippen MR) is 94.3 cm³/mol. The van der Waals surface area contributed by atoms with E-state index in [0.717, 1.165) is 23.0 Å². The number of rotatable bonds is 5. The zero-order chi connectivity index (χ0) is 16.2. The predicted octanol–water partition coefficient (Wildman–Crippen LogP) is 4.07. The summed E-state index contributed by atoms with van der Waals surface area (Å²) in [6, 6.07) is 16.4. The smallest absolute Gasteiger partial charge is 0.227 e. The van der Waals surface area contributed by atoms with Gasteiger partial charge in [0.1, 0.15) is 0 Å². The molecular formula is C20H22N2O. The molecule has 0 saturated carbocycles. The number of fused-ring (bicyclic) bond motifs is 1. The normalized spacial score (nSPS) is 10.9. The third kappa shape index (κ3) is 3.29. The molecule has 3 aromatic rings. The average molecular weight is 306 g/mol. The number of likely N-dealkylation sites (N-methyl/N-ethyl adjacent to an activating group) is 1. The highest BCUT2D eigenvalue weighted by molar-refractivity contribution is 5.88. The van der Waals surface area contributed by atoms with Crippen molar-refractivity contribution in [1.82, 2.24) is 9.88 Å². The molecule has 0 spiro atoms. The Kier molecular flexibility index (Phi) is 4.47. The molecule has 3 nitrogen and oxygen atoms in total. The SMILES string of the molecule is CCN(Cc1ccccc1C)C(=O)Cc1c[nH]c2ccccc12. The molecule has 0 atom stereocenters. The Morgan fingerprint density at radius 1 is 1.04 bits per heavy atom. The number of H-pyrrole nitrogens is 1. The van der Waals surface area contributed by atoms with Crippen molar-refractivity contribution in [3.8, 4) is 0 Å². The molecule has 0 aliphatic rings. The van der Waals surface area contributed by atoms with Gasteiger partial charge in [0, 0.05) is 30.2 Å². The molecule has 0 bridgehead atoms. The molecule has 1 amide bonds. The maximum atomic E-state index is 12.7. The van der Waals surface area contributed by atoms with E-state index < -0.39 is 0 Å². The van der Waals surface area contributed by atoms with Crippen LogP contribution < -0.4 is 0 Å². The molecule has 0 aliphatic carbocycles. The Morgan fingerprint density at radius 2 is 1.78 bits per heavy atom. The summed E-state index contributed by atoms with van der Waals surface area (Å²) in [7, 11) is 0. The fraction of sp³-hybridized carbons (Fsp3) is 0.250. The summed E-state index contributed by atoms with van der Waals surface area (Å²) in [5.41, 5.74) is 4.58. The van der Waals surface area contributed by atoms with Crippen molar-refractivity contribution in [3.63, 3.8) is 0 Å². The number of hydrogen-bond acceptors (Lipinski definition) is 1. The number of amides is 1. The molecule has 1 heterocycles. The lowest BCUT2D eigenvalue weighted by Crippen LogP contribution is -2.31. The van der Waals surface area contributed by atoms with Gasteiger partial charge in [0.2, 0.25) is 5.91 Å². The van der Waals surface area contributed by atoms with Crippen LogP contribution in [0.3, 0.4) is 0 Å². The first-order chi connectivity index (χ1) is 11.2. The van der Waals surface area contributed by atoms with Gasteiger partial charge in [0.25, 0.3) is 0 Å². The summed E-state index contributed by atoms with van der Waals surface area (Å²) in [6.07, 6.45) is 2.38. The first-order valence-electron chi connectivity index (χ1n) is 8.06. The lowest BCUT2D eigenvalue weighted by Gasteiger charge is -2.22. The van der Waals surface area contributed by atoms with Gasteiger partial charge in [0.15, 0.2) is 0 Å². The number of hydrogen-bond donors (Lipinski definition) is 1. The van der Waals surface area contributed by atoms with Crippen molar-refractivity contribution < 1.29 is 4.79 Å². The topological polar surface area (TPSA) is 36.1 Å². The molecule has 0 unspecified atom stereocenters. The summed E-state index contributed by atoms with van der Waals surface area (Å²) >= 11 is 0. The number of benzene rings is 2. The summed E-state index contributed by atoms with van der Waals surface area (Å²) in [4.78, 5) is 17.9. The molecule has 1 N–H and O–H groups in total. The van der Waals surface area contributed by atoms with E-state index in [1.807, 2.05) is 48.4 Å². The lowest BCUT2D eigenvalue weighted by molar-refractivity contribution is -0.130. The highest BCUT2D eigenvalue weighted by Crippen LogP contribution is 2.19. The van der Waals surface area contributed by atoms with Gasteiger partial charge in [-0.2, -0.15) is 0 Å². The Labute approximate surface area is 136 Å². The van der Waals surface area contributed by atoms with Crippen LogP contribution in [0.25, 0.3) is 10.9 Å². The Hall–Kier alpha value is -2.55. The molecular weight excluding hydrogens is 284 g/mol. The molecule has 0 radical (unpaired) electrons. The van der Waals surface area contributed by atoms with Crippen molar-refractivity contribution in [3.05, 3.63) is 71.4 Å². The Balaban J connectivity index is 1.77. The molecule has 0 aliphatic heterocycles. The molecule has 23 heavy (non-hydrogen) atoms. The standard InChI is InChI=1S/C20H22N2O/c1-3-22(14-16-9-5-4-8-15(16)2)20(23)12-17-13-21-19-11-7-6-10-18(17)19/h4-11,13,21H,3,12,14H2,1-2H3. The van der Waals surface area contributed by atoms with Crippen molar-refractivity contribution >= 4 is 16.8 Å². The molecule has 118 valence electrons. The van der Waals surface area contributed by atoms with Crippen molar-refractivity contribution in [2.75, 3.05) is 6.54 Å². The maximum Gasteiger partial charge on any atom is 0.227 e. The number of nitrogens with one attached hydrogen (secondary N) is 1. The minimum absolute atomic E-state index is 0.167. The second-order valence-electron chi connectivity index (χ2n) is 5.87. The molecule has 2 aromatic carbocycles. The summed E-state index contributed by atoms with van der Waals surface area (Å²) < 4.78 is 0. The number of aryl methyl sites for hydroxylation is 1. The van der Waals surface area contributed by atoms with E-state index >= 15 is 0 Å². The third-order valence-electron chi connectivity index (χ3n) is 4.37. The molecule has 0 saturated heterocycles. The quantitative estimate of drug-likeness (QED) is 0.758. The van der Waals surface area contributed by atoms with Crippen LogP contribution in [0.1, 0.15) is 23.6 Å². The van der Waals surface area contributed by atoms with Crippen LogP contribution in [0.2, 0.25) is 0 Å². The summed E-state index contributed by atoms with van der Waals surface area (Å²) in [5, 5.41) is 1.13. The van der Waals surface area contributed by atoms with Crippen LogP contribution in [0.4, 0.5) is 0 Å². The molecule has 3 heteroatoms. The summed E-state index contributed by atoms with van der Waals surface area (Å²) in [6.45, 7) is 5.51. The second kappa shape index (κ2) is 6.69. The Bertz CT molecular complexity index is 819. The highest BCUT2D eigenvalue weighted by Gasteiger charge is 2.15. The highest BCUT2D eigenvalue weighted by atomic mass is 16.2. The van der Waals surface area contributed by atoms with Gasteiger partial charge >= 0.3 is 0 Å². The number of aromatic nitrogens is 1.